The Bertz CT molecular complexity index is 263. The average Bonchev–Trinajstić information content (AvgIpc) is 2.55. The summed E-state index contributed by atoms with van der Waals surface area (Å²) in [7, 11) is 0. The van der Waals surface area contributed by atoms with Crippen molar-refractivity contribution >= 4 is 0 Å². The third-order valence-electron chi connectivity index (χ3n) is 4.17. The third-order valence-corrected chi connectivity index (χ3v) is 4.17. The van der Waals surface area contributed by atoms with Gasteiger partial charge < -0.3 is 35.4 Å². The zero-order valence-corrected chi connectivity index (χ0v) is 14.6. The summed E-state index contributed by atoms with van der Waals surface area (Å²) >= 11 is 0. The molecule has 7 heteroatoms. The maximum atomic E-state index is 10.2. The van der Waals surface area contributed by atoms with Crippen LogP contribution in [0.4, 0.5) is 0 Å². The van der Waals surface area contributed by atoms with E-state index < -0.39 is 18.7 Å². The Morgan fingerprint density at radius 1 is 0.625 bits per heavy atom. The third kappa shape index (κ3) is 14.1. The maximum absolute atomic E-state index is 10.2. The van der Waals surface area contributed by atoms with Crippen LogP contribution in [-0.4, -0.2) is 69.1 Å². The summed E-state index contributed by atoms with van der Waals surface area (Å²) in [6.45, 7) is 0.0921. The van der Waals surface area contributed by atoms with E-state index in [1.807, 2.05) is 0 Å². The van der Waals surface area contributed by atoms with Gasteiger partial charge in [0, 0.05) is 6.61 Å². The van der Waals surface area contributed by atoms with Crippen molar-refractivity contribution < 1.29 is 35.4 Å². The molecule has 146 valence electrons. The summed E-state index contributed by atoms with van der Waals surface area (Å²) < 4.78 is 4.97. The van der Waals surface area contributed by atoms with Crippen LogP contribution in [0.3, 0.4) is 0 Å². The van der Waals surface area contributed by atoms with E-state index in [0.29, 0.717) is 32.1 Å². The Labute approximate surface area is 144 Å². The molecule has 0 aromatic rings. The minimum absolute atomic E-state index is 0.0604. The fraction of sp³-hybridized carbons (Fsp3) is 1.00. The van der Waals surface area contributed by atoms with Gasteiger partial charge in [0.1, 0.15) is 0 Å². The molecule has 24 heavy (non-hydrogen) atoms. The first-order valence-electron chi connectivity index (χ1n) is 9.06. The second-order valence-corrected chi connectivity index (χ2v) is 6.29. The summed E-state index contributed by atoms with van der Waals surface area (Å²) in [5.74, 6) is 0.0888. The van der Waals surface area contributed by atoms with Crippen molar-refractivity contribution in [1.82, 2.24) is 0 Å². The Balaban J connectivity index is 3.97. The minimum Gasteiger partial charge on any atom is -0.396 e. The highest BCUT2D eigenvalue weighted by Crippen LogP contribution is 2.24. The molecule has 0 saturated heterocycles. The van der Waals surface area contributed by atoms with Crippen LogP contribution in [-0.2, 0) is 4.74 Å². The highest BCUT2D eigenvalue weighted by molar-refractivity contribution is 4.70. The van der Waals surface area contributed by atoms with E-state index in [0.717, 1.165) is 32.1 Å². The standard InChI is InChI=1S/C17H36O7/c18-11-5-8-15(20)14(7-4-9-16(21)22)6-2-1-3-10-17(23)24-13-12-19/h14-23H,1-13H2. The van der Waals surface area contributed by atoms with Crippen molar-refractivity contribution in [1.29, 1.82) is 0 Å². The van der Waals surface area contributed by atoms with E-state index in [2.05, 4.69) is 0 Å². The smallest absolute Gasteiger partial charge is 0.154 e. The van der Waals surface area contributed by atoms with Crippen molar-refractivity contribution in [3.8, 4) is 0 Å². The quantitative estimate of drug-likeness (QED) is 0.166. The molecule has 0 spiro atoms. The molecule has 0 radical (unpaired) electrons. The summed E-state index contributed by atoms with van der Waals surface area (Å²) in [6.07, 6.45) is 4.15. The Morgan fingerprint density at radius 2 is 1.29 bits per heavy atom. The van der Waals surface area contributed by atoms with Gasteiger partial charge in [0.15, 0.2) is 12.6 Å². The summed E-state index contributed by atoms with van der Waals surface area (Å²) in [5, 5.41) is 55.0. The molecule has 0 aromatic carbocycles. The number of aliphatic hydroxyl groups excluding tert-OH is 5. The zero-order chi connectivity index (χ0) is 18.2. The molecule has 3 unspecified atom stereocenters. The fourth-order valence-corrected chi connectivity index (χ4v) is 2.80. The van der Waals surface area contributed by atoms with Gasteiger partial charge in [-0.05, 0) is 57.3 Å². The first-order chi connectivity index (χ1) is 11.5. The molecule has 0 aromatic heterocycles. The molecule has 6 N–H and O–H groups in total. The van der Waals surface area contributed by atoms with Gasteiger partial charge in [0.2, 0.25) is 0 Å². The van der Waals surface area contributed by atoms with E-state index in [4.69, 9.17) is 25.2 Å². The predicted molar refractivity (Wildman–Crippen MR) is 90.0 cm³/mol. The van der Waals surface area contributed by atoms with Crippen LogP contribution >= 0.6 is 0 Å². The molecule has 0 bridgehead atoms. The summed E-state index contributed by atoms with van der Waals surface area (Å²) in [4.78, 5) is 0. The summed E-state index contributed by atoms with van der Waals surface area (Å²) in [6, 6.07) is 0. The van der Waals surface area contributed by atoms with E-state index in [1.54, 1.807) is 0 Å². The molecule has 0 fully saturated rings. The van der Waals surface area contributed by atoms with Crippen molar-refractivity contribution in [2.75, 3.05) is 19.8 Å². The molecule has 0 aliphatic heterocycles. The van der Waals surface area contributed by atoms with Gasteiger partial charge in [-0.3, -0.25) is 0 Å². The van der Waals surface area contributed by atoms with Crippen molar-refractivity contribution in [3.05, 3.63) is 0 Å². The molecule has 0 heterocycles. The van der Waals surface area contributed by atoms with Crippen molar-refractivity contribution in [2.24, 2.45) is 5.92 Å². The van der Waals surface area contributed by atoms with Crippen LogP contribution < -0.4 is 0 Å². The van der Waals surface area contributed by atoms with Crippen molar-refractivity contribution in [2.45, 2.75) is 82.9 Å². The van der Waals surface area contributed by atoms with E-state index in [-0.39, 0.29) is 25.7 Å². The second-order valence-electron chi connectivity index (χ2n) is 6.29. The largest absolute Gasteiger partial charge is 0.396 e. The molecule has 0 amide bonds. The predicted octanol–water partition coefficient (Wildman–Crippen LogP) is 0.495. The lowest BCUT2D eigenvalue weighted by molar-refractivity contribution is -0.111. The lowest BCUT2D eigenvalue weighted by Crippen LogP contribution is -2.21. The van der Waals surface area contributed by atoms with Gasteiger partial charge >= 0.3 is 0 Å². The topological polar surface area (TPSA) is 131 Å². The van der Waals surface area contributed by atoms with Gasteiger partial charge in [-0.1, -0.05) is 12.8 Å². The van der Waals surface area contributed by atoms with E-state index >= 15 is 0 Å². The SMILES string of the molecule is OCCCC(O)C(CCCCCC(O)OCCO)CCCC(O)O. The van der Waals surface area contributed by atoms with Gasteiger partial charge in [0.25, 0.3) is 0 Å². The molecule has 3 atom stereocenters. The Morgan fingerprint density at radius 3 is 1.92 bits per heavy atom. The van der Waals surface area contributed by atoms with Crippen LogP contribution in [0.25, 0.3) is 0 Å². The van der Waals surface area contributed by atoms with Crippen LogP contribution in [0.2, 0.25) is 0 Å². The lowest BCUT2D eigenvalue weighted by Gasteiger charge is -2.23. The lowest BCUT2D eigenvalue weighted by atomic mass is 9.88. The number of hydrogen-bond acceptors (Lipinski definition) is 7. The van der Waals surface area contributed by atoms with Gasteiger partial charge in [-0.2, -0.15) is 0 Å². The second kappa shape index (κ2) is 16.2. The molecule has 0 aliphatic rings. The van der Waals surface area contributed by atoms with Gasteiger partial charge in [-0.25, -0.2) is 0 Å². The number of aliphatic hydroxyl groups is 6. The van der Waals surface area contributed by atoms with E-state index in [9.17, 15) is 10.2 Å². The van der Waals surface area contributed by atoms with Crippen LogP contribution in [0.5, 0.6) is 0 Å². The average molecular weight is 352 g/mol. The number of hydrogen-bond donors (Lipinski definition) is 6. The monoisotopic (exact) mass is 352 g/mol. The maximum Gasteiger partial charge on any atom is 0.154 e. The van der Waals surface area contributed by atoms with Crippen LogP contribution in [0.1, 0.15) is 64.2 Å². The Hall–Kier alpha value is -0.280. The van der Waals surface area contributed by atoms with Crippen LogP contribution in [0.15, 0.2) is 0 Å². The number of ether oxygens (including phenoxy) is 1. The molecule has 0 aliphatic carbocycles. The Kier molecular flexibility index (Phi) is 16.0. The zero-order valence-electron chi connectivity index (χ0n) is 14.6. The normalized spacial score (nSPS) is 15.6. The van der Waals surface area contributed by atoms with Crippen molar-refractivity contribution in [3.63, 3.8) is 0 Å². The molecule has 0 saturated carbocycles. The molecular weight excluding hydrogens is 316 g/mol. The number of unbranched alkanes of at least 4 members (excludes halogenated alkanes) is 2. The van der Waals surface area contributed by atoms with Crippen LogP contribution in [0, 0.1) is 5.92 Å². The summed E-state index contributed by atoms with van der Waals surface area (Å²) in [5.41, 5.74) is 0. The molecular formula is C17H36O7. The van der Waals surface area contributed by atoms with Gasteiger partial charge in [-0.15, -0.1) is 0 Å². The fourth-order valence-electron chi connectivity index (χ4n) is 2.80. The highest BCUT2D eigenvalue weighted by atomic mass is 16.6. The van der Waals surface area contributed by atoms with E-state index in [1.165, 1.54) is 0 Å². The van der Waals surface area contributed by atoms with Gasteiger partial charge in [0.05, 0.1) is 19.3 Å². The molecule has 7 nitrogen and oxygen atoms in total. The molecule has 0 rings (SSSR count). The first-order valence-corrected chi connectivity index (χ1v) is 9.06. The number of rotatable bonds is 17. The highest BCUT2D eigenvalue weighted by Gasteiger charge is 2.18. The first kappa shape index (κ1) is 23.7. The minimum atomic E-state index is -1.30.